The fraction of sp³-hybridized carbons (Fsp3) is 0.556. The van der Waals surface area contributed by atoms with Gasteiger partial charge in [-0.2, -0.15) is 0 Å². The summed E-state index contributed by atoms with van der Waals surface area (Å²) in [5.41, 5.74) is -0.277. The summed E-state index contributed by atoms with van der Waals surface area (Å²) >= 11 is 0. The van der Waals surface area contributed by atoms with Crippen LogP contribution in [0.4, 0.5) is 0 Å². The molecule has 0 unspecified atom stereocenters. The number of carbonyl (C=O) groups excluding carboxylic acids is 3. The minimum atomic E-state index is -0.988. The third kappa shape index (κ3) is 6.29. The molecule has 4 fully saturated rings. The molecule has 0 spiro atoms. The van der Waals surface area contributed by atoms with Crippen molar-refractivity contribution < 1.29 is 38.5 Å². The van der Waals surface area contributed by atoms with Gasteiger partial charge < -0.3 is 29.1 Å². The number of likely N-dealkylation sites (tertiary alicyclic amines) is 2. The molecule has 1 N–H and O–H groups in total. The predicted molar refractivity (Wildman–Crippen MR) is 169 cm³/mol. The van der Waals surface area contributed by atoms with Gasteiger partial charge in [0.05, 0.1) is 37.1 Å². The van der Waals surface area contributed by atoms with Gasteiger partial charge in [-0.05, 0) is 58.6 Å². The van der Waals surface area contributed by atoms with Crippen LogP contribution in [0.15, 0.2) is 60.7 Å². The quantitative estimate of drug-likeness (QED) is 0.456. The van der Waals surface area contributed by atoms with Gasteiger partial charge in [-0.15, -0.1) is 0 Å². The molecule has 248 valence electrons. The van der Waals surface area contributed by atoms with E-state index < -0.39 is 34.2 Å². The lowest BCUT2D eigenvalue weighted by atomic mass is 9.74. The molecule has 0 saturated carbocycles. The minimum absolute atomic E-state index is 0.0121. The molecule has 4 heterocycles. The maximum absolute atomic E-state index is 13.1. The van der Waals surface area contributed by atoms with Crippen LogP contribution in [0, 0.1) is 22.7 Å². The molecule has 0 radical (unpaired) electrons. The fourth-order valence-electron chi connectivity index (χ4n) is 7.23. The number of rotatable bonds is 6. The van der Waals surface area contributed by atoms with Crippen LogP contribution in [0.1, 0.15) is 70.7 Å². The van der Waals surface area contributed by atoms with Gasteiger partial charge in [0.1, 0.15) is 16.4 Å². The number of carboxylic acid groups (broad SMARTS) is 1. The van der Waals surface area contributed by atoms with E-state index in [9.17, 15) is 24.3 Å². The Balaban J connectivity index is 0.000000184. The van der Waals surface area contributed by atoms with Crippen molar-refractivity contribution in [3.8, 4) is 0 Å². The third-order valence-corrected chi connectivity index (χ3v) is 10.1. The van der Waals surface area contributed by atoms with Gasteiger partial charge >= 0.3 is 11.9 Å². The average molecular weight is 635 g/mol. The van der Waals surface area contributed by atoms with Crippen LogP contribution in [0.5, 0.6) is 0 Å². The van der Waals surface area contributed by atoms with E-state index in [4.69, 9.17) is 14.2 Å². The molecule has 10 nitrogen and oxygen atoms in total. The zero-order chi connectivity index (χ0) is 33.3. The van der Waals surface area contributed by atoms with Gasteiger partial charge in [-0.3, -0.25) is 19.2 Å². The van der Waals surface area contributed by atoms with Crippen molar-refractivity contribution in [2.45, 2.75) is 65.1 Å². The molecular weight excluding hydrogens is 588 g/mol. The van der Waals surface area contributed by atoms with Crippen LogP contribution in [-0.2, 0) is 33.4 Å². The van der Waals surface area contributed by atoms with Crippen molar-refractivity contribution in [2.24, 2.45) is 22.7 Å². The van der Waals surface area contributed by atoms with Gasteiger partial charge in [0.15, 0.2) is 0 Å². The Labute approximate surface area is 271 Å². The molecule has 10 heteroatoms. The number of benzene rings is 2. The van der Waals surface area contributed by atoms with Gasteiger partial charge in [-0.1, -0.05) is 60.7 Å². The highest BCUT2D eigenvalue weighted by molar-refractivity contribution is 5.93. The zero-order valence-corrected chi connectivity index (χ0v) is 27.4. The molecule has 46 heavy (non-hydrogen) atoms. The summed E-state index contributed by atoms with van der Waals surface area (Å²) in [5, 5.41) is 9.65. The molecule has 6 atom stereocenters. The molecule has 6 rings (SSSR count). The first-order valence-electron chi connectivity index (χ1n) is 16.1. The standard InChI is InChI=1S/C20H27NO4.C16H19NO4/c1-14(15-8-6-5-7-9-15)21-13-20(18(23)25-19(2,3)4)10-11-24-12-16(20)17(21)22;1-11(12-5-3-2-4-6-12)17-10-16(15(19)20)7-8-21-9-13(16)14(17)18/h5-9,14,16H,10-13H2,1-4H3;2-6,11,13H,7-10H2,1H3,(H,19,20)/t14-,16-,20-;11-,13-,16-/m11/s1. The first-order valence-corrected chi connectivity index (χ1v) is 16.1. The van der Waals surface area contributed by atoms with Crippen LogP contribution in [-0.4, -0.2) is 83.8 Å². The van der Waals surface area contributed by atoms with Crippen molar-refractivity contribution in [3.05, 3.63) is 71.8 Å². The van der Waals surface area contributed by atoms with E-state index in [-0.39, 0.29) is 49.6 Å². The van der Waals surface area contributed by atoms with Gasteiger partial charge in [0.25, 0.3) is 0 Å². The molecule has 2 aromatic carbocycles. The smallest absolute Gasteiger partial charge is 0.315 e. The molecule has 2 aromatic rings. The fourth-order valence-corrected chi connectivity index (χ4v) is 7.23. The molecule has 0 aliphatic carbocycles. The normalized spacial score (nSPS) is 28.8. The van der Waals surface area contributed by atoms with Crippen LogP contribution >= 0.6 is 0 Å². The van der Waals surface area contributed by atoms with Crippen molar-refractivity contribution in [1.29, 1.82) is 0 Å². The first-order chi connectivity index (χ1) is 21.8. The highest BCUT2D eigenvalue weighted by Gasteiger charge is 2.61. The number of carbonyl (C=O) groups is 4. The van der Waals surface area contributed by atoms with E-state index in [1.54, 1.807) is 4.90 Å². The molecule has 0 aromatic heterocycles. The molecule has 4 aliphatic rings. The van der Waals surface area contributed by atoms with E-state index in [0.717, 1.165) is 11.1 Å². The van der Waals surface area contributed by atoms with Gasteiger partial charge in [0, 0.05) is 26.3 Å². The van der Waals surface area contributed by atoms with Crippen LogP contribution in [0.2, 0.25) is 0 Å². The molecular formula is C36H46N2O8. The number of esters is 1. The Morgan fingerprint density at radius 1 is 0.783 bits per heavy atom. The summed E-state index contributed by atoms with van der Waals surface area (Å²) in [7, 11) is 0. The lowest BCUT2D eigenvalue weighted by Gasteiger charge is -2.37. The zero-order valence-electron chi connectivity index (χ0n) is 27.4. The van der Waals surface area contributed by atoms with Gasteiger partial charge in [0.2, 0.25) is 11.8 Å². The van der Waals surface area contributed by atoms with Crippen molar-refractivity contribution in [1.82, 2.24) is 9.80 Å². The minimum Gasteiger partial charge on any atom is -0.481 e. The molecule has 4 saturated heterocycles. The van der Waals surface area contributed by atoms with E-state index >= 15 is 0 Å². The number of aliphatic carboxylic acids is 1. The first kappa shape index (κ1) is 33.6. The number of amides is 2. The third-order valence-electron chi connectivity index (χ3n) is 10.1. The molecule has 2 amide bonds. The molecule has 0 bridgehead atoms. The number of fused-ring (bicyclic) bond motifs is 2. The number of nitrogens with zero attached hydrogens (tertiary/aromatic N) is 2. The summed E-state index contributed by atoms with van der Waals surface area (Å²) in [4.78, 5) is 54.0. The second-order valence-electron chi connectivity index (χ2n) is 14.0. The lowest BCUT2D eigenvalue weighted by Crippen LogP contribution is -2.48. The predicted octanol–water partition coefficient (Wildman–Crippen LogP) is 4.65. The molecule has 4 aliphatic heterocycles. The maximum atomic E-state index is 13.1. The van der Waals surface area contributed by atoms with E-state index in [0.29, 0.717) is 32.6 Å². The van der Waals surface area contributed by atoms with E-state index in [2.05, 4.69) is 0 Å². The van der Waals surface area contributed by atoms with Crippen LogP contribution < -0.4 is 0 Å². The van der Waals surface area contributed by atoms with Crippen LogP contribution in [0.3, 0.4) is 0 Å². The number of hydrogen-bond acceptors (Lipinski definition) is 7. The van der Waals surface area contributed by atoms with Crippen molar-refractivity contribution >= 4 is 23.8 Å². The Morgan fingerprint density at radius 2 is 1.20 bits per heavy atom. The largest absolute Gasteiger partial charge is 0.481 e. The average Bonchev–Trinajstić information content (AvgIpc) is 3.54. The highest BCUT2D eigenvalue weighted by atomic mass is 16.6. The summed E-state index contributed by atoms with van der Waals surface area (Å²) in [5.74, 6) is -2.29. The summed E-state index contributed by atoms with van der Waals surface area (Å²) < 4.78 is 16.6. The Kier molecular flexibility index (Phi) is 9.61. The number of hydrogen-bond donors (Lipinski definition) is 1. The number of carboxylic acids is 1. The van der Waals surface area contributed by atoms with Gasteiger partial charge in [-0.25, -0.2) is 0 Å². The topological polar surface area (TPSA) is 123 Å². The summed E-state index contributed by atoms with van der Waals surface area (Å²) in [6.07, 6.45) is 0.924. The van der Waals surface area contributed by atoms with Crippen LogP contribution in [0.25, 0.3) is 0 Å². The monoisotopic (exact) mass is 634 g/mol. The van der Waals surface area contributed by atoms with E-state index in [1.807, 2.05) is 100 Å². The Bertz CT molecular complexity index is 1430. The second kappa shape index (κ2) is 13.2. The summed E-state index contributed by atoms with van der Waals surface area (Å²) in [6, 6.07) is 19.4. The lowest BCUT2D eigenvalue weighted by molar-refractivity contribution is -0.177. The maximum Gasteiger partial charge on any atom is 0.315 e. The SMILES string of the molecule is C[C@H](c1ccccc1)N1C[C@]2(C(=O)O)CCOC[C@@H]2C1=O.C[C@H](c1ccccc1)N1C[C@]2(C(=O)OC(C)(C)C)CCOC[C@@H]2C1=O. The second-order valence-corrected chi connectivity index (χ2v) is 14.0. The highest BCUT2D eigenvalue weighted by Crippen LogP contribution is 2.48. The summed E-state index contributed by atoms with van der Waals surface area (Å²) in [6.45, 7) is 11.6. The van der Waals surface area contributed by atoms with Crippen molar-refractivity contribution in [2.75, 3.05) is 39.5 Å². The Morgan fingerprint density at radius 3 is 1.61 bits per heavy atom. The van der Waals surface area contributed by atoms with Crippen molar-refractivity contribution in [3.63, 3.8) is 0 Å². The Hall–Kier alpha value is -3.76. The van der Waals surface area contributed by atoms with E-state index in [1.165, 1.54) is 0 Å². The number of ether oxygens (including phenoxy) is 3.